The molecule has 2 amide bonds. The minimum absolute atomic E-state index is 0.109. The highest BCUT2D eigenvalue weighted by Gasteiger charge is 2.37. The molecule has 28 heavy (non-hydrogen) atoms. The van der Waals surface area contributed by atoms with Crippen molar-refractivity contribution in [2.24, 2.45) is 0 Å². The van der Waals surface area contributed by atoms with Crippen LogP contribution in [-0.2, 0) is 4.79 Å². The standard InChI is InChI=1S/C16H7F5N2O5/c17-9-10(18)12(20)14(13(21)11(9)19)28-7(24)4-22-6-3-1-2-5-8(6)16(26)23(27)15(5)25/h1-3,22,27H,4H2. The Balaban J connectivity index is 1.79. The quantitative estimate of drug-likeness (QED) is 0.155. The van der Waals surface area contributed by atoms with Gasteiger partial charge in [0.2, 0.25) is 34.8 Å². The highest BCUT2D eigenvalue weighted by Crippen LogP contribution is 2.30. The molecule has 0 spiro atoms. The number of hydrogen-bond donors (Lipinski definition) is 2. The molecule has 7 nitrogen and oxygen atoms in total. The van der Waals surface area contributed by atoms with Gasteiger partial charge in [0.25, 0.3) is 11.8 Å². The predicted molar refractivity (Wildman–Crippen MR) is 79.1 cm³/mol. The van der Waals surface area contributed by atoms with Gasteiger partial charge in [-0.25, -0.2) is 18.0 Å². The number of nitrogens with zero attached hydrogens (tertiary/aromatic N) is 1. The molecule has 2 aromatic carbocycles. The van der Waals surface area contributed by atoms with Gasteiger partial charge in [-0.3, -0.25) is 14.8 Å². The largest absolute Gasteiger partial charge is 0.419 e. The molecule has 0 aromatic heterocycles. The number of halogens is 5. The molecular weight excluding hydrogens is 395 g/mol. The number of hydroxylamine groups is 2. The van der Waals surface area contributed by atoms with Gasteiger partial charge >= 0.3 is 5.97 Å². The van der Waals surface area contributed by atoms with Crippen LogP contribution in [0.3, 0.4) is 0 Å². The molecule has 146 valence electrons. The van der Waals surface area contributed by atoms with E-state index in [2.05, 4.69) is 10.1 Å². The molecule has 2 aromatic rings. The summed E-state index contributed by atoms with van der Waals surface area (Å²) >= 11 is 0. The van der Waals surface area contributed by atoms with Crippen LogP contribution < -0.4 is 10.1 Å². The van der Waals surface area contributed by atoms with Crippen molar-refractivity contribution in [3.63, 3.8) is 0 Å². The van der Waals surface area contributed by atoms with Gasteiger partial charge in [0.1, 0.15) is 6.54 Å². The van der Waals surface area contributed by atoms with Crippen molar-refractivity contribution < 1.29 is 46.3 Å². The summed E-state index contributed by atoms with van der Waals surface area (Å²) in [5.41, 5.74) is -0.563. The molecule has 3 rings (SSSR count). The number of ether oxygens (including phenoxy) is 1. The number of rotatable bonds is 4. The number of carbonyl (C=O) groups is 3. The Morgan fingerprint density at radius 3 is 2.14 bits per heavy atom. The van der Waals surface area contributed by atoms with Crippen LogP contribution in [0.4, 0.5) is 27.6 Å². The first-order valence-corrected chi connectivity index (χ1v) is 7.31. The Morgan fingerprint density at radius 2 is 1.54 bits per heavy atom. The number of hydrogen-bond acceptors (Lipinski definition) is 6. The first-order chi connectivity index (χ1) is 13.1. The van der Waals surface area contributed by atoms with E-state index >= 15 is 0 Å². The third kappa shape index (κ3) is 2.93. The molecule has 1 aliphatic rings. The monoisotopic (exact) mass is 402 g/mol. The van der Waals surface area contributed by atoms with Gasteiger partial charge in [0, 0.05) is 5.69 Å². The maximum atomic E-state index is 13.5. The fourth-order valence-corrected chi connectivity index (χ4v) is 2.41. The number of anilines is 1. The van der Waals surface area contributed by atoms with E-state index in [4.69, 9.17) is 0 Å². The average Bonchev–Trinajstić information content (AvgIpc) is 2.91. The molecule has 12 heteroatoms. The Bertz CT molecular complexity index is 1010. The minimum Gasteiger partial charge on any atom is -0.419 e. The number of nitrogens with one attached hydrogen (secondary N) is 1. The third-order valence-electron chi connectivity index (χ3n) is 3.70. The number of benzene rings is 2. The van der Waals surface area contributed by atoms with Gasteiger partial charge in [-0.1, -0.05) is 6.07 Å². The van der Waals surface area contributed by atoms with E-state index < -0.39 is 59.2 Å². The van der Waals surface area contributed by atoms with E-state index in [1.165, 1.54) is 18.2 Å². The van der Waals surface area contributed by atoms with Crippen molar-refractivity contribution in [1.82, 2.24) is 5.06 Å². The second kappa shape index (κ2) is 6.88. The Kier molecular flexibility index (Phi) is 4.73. The topological polar surface area (TPSA) is 95.9 Å². The normalized spacial score (nSPS) is 13.0. The van der Waals surface area contributed by atoms with Crippen molar-refractivity contribution in [3.05, 3.63) is 58.4 Å². The van der Waals surface area contributed by atoms with Crippen LogP contribution in [0.2, 0.25) is 0 Å². The molecule has 0 atom stereocenters. The lowest BCUT2D eigenvalue weighted by Crippen LogP contribution is -2.26. The zero-order valence-electron chi connectivity index (χ0n) is 13.4. The van der Waals surface area contributed by atoms with E-state index in [0.717, 1.165) is 0 Å². The van der Waals surface area contributed by atoms with Gasteiger partial charge in [0.15, 0.2) is 0 Å². The van der Waals surface area contributed by atoms with Crippen LogP contribution in [-0.4, -0.2) is 34.6 Å². The fourth-order valence-electron chi connectivity index (χ4n) is 2.41. The Labute approximate surface area is 151 Å². The second-order valence-electron chi connectivity index (χ2n) is 5.38. The summed E-state index contributed by atoms with van der Waals surface area (Å²) in [6.45, 7) is -0.872. The van der Waals surface area contributed by atoms with Gasteiger partial charge in [-0.05, 0) is 12.1 Å². The molecule has 2 N–H and O–H groups in total. The van der Waals surface area contributed by atoms with E-state index in [1.54, 1.807) is 0 Å². The molecule has 1 aliphatic heterocycles. The molecule has 0 radical (unpaired) electrons. The fraction of sp³-hybridized carbons (Fsp3) is 0.0625. The molecular formula is C16H7F5N2O5. The lowest BCUT2D eigenvalue weighted by molar-refractivity contribution is -0.132. The minimum atomic E-state index is -2.41. The maximum Gasteiger partial charge on any atom is 0.330 e. The lowest BCUT2D eigenvalue weighted by atomic mass is 10.1. The first-order valence-electron chi connectivity index (χ1n) is 7.31. The van der Waals surface area contributed by atoms with Crippen LogP contribution in [0.15, 0.2) is 18.2 Å². The lowest BCUT2D eigenvalue weighted by Gasteiger charge is -2.11. The van der Waals surface area contributed by atoms with Crippen LogP contribution in [0.25, 0.3) is 0 Å². The summed E-state index contributed by atoms with van der Waals surface area (Å²) < 4.78 is 70.4. The van der Waals surface area contributed by atoms with Crippen molar-refractivity contribution in [3.8, 4) is 5.75 Å². The van der Waals surface area contributed by atoms with Gasteiger partial charge in [-0.2, -0.15) is 8.78 Å². The SMILES string of the molecule is O=C(CNc1cccc2c1C(=O)N(O)C2=O)Oc1c(F)c(F)c(F)c(F)c1F. The number of amides is 2. The molecule has 0 aliphatic carbocycles. The van der Waals surface area contributed by atoms with Crippen molar-refractivity contribution in [2.45, 2.75) is 0 Å². The Hall–Kier alpha value is -3.54. The van der Waals surface area contributed by atoms with Crippen molar-refractivity contribution in [1.29, 1.82) is 0 Å². The summed E-state index contributed by atoms with van der Waals surface area (Å²) in [5.74, 6) is -17.0. The van der Waals surface area contributed by atoms with Gasteiger partial charge in [0.05, 0.1) is 11.1 Å². The first kappa shape index (κ1) is 19.2. The van der Waals surface area contributed by atoms with Crippen LogP contribution in [0.5, 0.6) is 5.75 Å². The molecule has 0 bridgehead atoms. The summed E-state index contributed by atoms with van der Waals surface area (Å²) in [4.78, 5) is 35.2. The number of fused-ring (bicyclic) bond motifs is 1. The van der Waals surface area contributed by atoms with E-state index in [-0.39, 0.29) is 21.9 Å². The molecule has 0 saturated carbocycles. The smallest absolute Gasteiger partial charge is 0.330 e. The highest BCUT2D eigenvalue weighted by atomic mass is 19.2. The van der Waals surface area contributed by atoms with Gasteiger partial charge < -0.3 is 10.1 Å². The van der Waals surface area contributed by atoms with Crippen LogP contribution in [0, 0.1) is 29.1 Å². The van der Waals surface area contributed by atoms with Crippen LogP contribution >= 0.6 is 0 Å². The molecule has 1 heterocycles. The zero-order chi connectivity index (χ0) is 20.7. The van der Waals surface area contributed by atoms with E-state index in [1.807, 2.05) is 0 Å². The molecule has 0 unspecified atom stereocenters. The summed E-state index contributed by atoms with van der Waals surface area (Å²) in [7, 11) is 0. The number of carbonyl (C=O) groups excluding carboxylic acids is 3. The third-order valence-corrected chi connectivity index (χ3v) is 3.70. The number of esters is 1. The summed E-state index contributed by atoms with van der Waals surface area (Å²) in [6, 6.07) is 3.78. The van der Waals surface area contributed by atoms with Gasteiger partial charge in [-0.15, -0.1) is 5.06 Å². The number of imide groups is 1. The summed E-state index contributed by atoms with van der Waals surface area (Å²) in [6.07, 6.45) is 0. The maximum absolute atomic E-state index is 13.5. The summed E-state index contributed by atoms with van der Waals surface area (Å²) in [5, 5.41) is 11.5. The average molecular weight is 402 g/mol. The molecule has 0 saturated heterocycles. The van der Waals surface area contributed by atoms with Crippen LogP contribution in [0.1, 0.15) is 20.7 Å². The zero-order valence-corrected chi connectivity index (χ0v) is 13.4. The Morgan fingerprint density at radius 1 is 0.964 bits per heavy atom. The van der Waals surface area contributed by atoms with Crippen molar-refractivity contribution in [2.75, 3.05) is 11.9 Å². The predicted octanol–water partition coefficient (Wildman–Crippen LogP) is 2.38. The van der Waals surface area contributed by atoms with Crippen molar-refractivity contribution >= 4 is 23.5 Å². The van der Waals surface area contributed by atoms with E-state index in [0.29, 0.717) is 0 Å². The molecule has 0 fully saturated rings. The van der Waals surface area contributed by atoms with E-state index in [9.17, 15) is 41.5 Å². The highest BCUT2D eigenvalue weighted by molar-refractivity contribution is 6.22. The second-order valence-corrected chi connectivity index (χ2v) is 5.38.